The number of carbonyl (C=O) groups excluding carboxylic acids is 1. The number of halogens is 1. The van der Waals surface area contributed by atoms with Crippen molar-refractivity contribution in [2.45, 2.75) is 26.3 Å². The Labute approximate surface area is 98.6 Å². The molecule has 0 saturated carbocycles. The Morgan fingerprint density at radius 3 is 2.40 bits per heavy atom. The van der Waals surface area contributed by atoms with E-state index in [9.17, 15) is 4.79 Å². The fourth-order valence-electron chi connectivity index (χ4n) is 0.979. The lowest BCUT2D eigenvalue weighted by Gasteiger charge is -2.31. The summed E-state index contributed by atoms with van der Waals surface area (Å²) in [5, 5.41) is 0. The van der Waals surface area contributed by atoms with Gasteiger partial charge in [0.05, 0.1) is 0 Å². The van der Waals surface area contributed by atoms with Crippen LogP contribution in [0.3, 0.4) is 0 Å². The van der Waals surface area contributed by atoms with Gasteiger partial charge in [-0.3, -0.25) is 4.79 Å². The van der Waals surface area contributed by atoms with Crippen molar-refractivity contribution in [3.05, 3.63) is 28.5 Å². The maximum absolute atomic E-state index is 12.0. The van der Waals surface area contributed by atoms with Crippen LogP contribution in [0.15, 0.2) is 22.8 Å². The second kappa shape index (κ2) is 4.31. The topological polar surface area (TPSA) is 33.2 Å². The molecule has 1 rings (SSSR count). The standard InChI is InChI=1S/C11H15BrN2O/c1-11(2,3)14(4)10(15)9-6-5-8(12)7-13-9/h5-7H,1-4H3. The first-order valence-corrected chi connectivity index (χ1v) is 5.51. The van der Waals surface area contributed by atoms with Gasteiger partial charge in [-0.1, -0.05) is 0 Å². The van der Waals surface area contributed by atoms with E-state index >= 15 is 0 Å². The minimum Gasteiger partial charge on any atom is -0.336 e. The molecule has 4 heteroatoms. The highest BCUT2D eigenvalue weighted by molar-refractivity contribution is 9.10. The zero-order chi connectivity index (χ0) is 11.6. The highest BCUT2D eigenvalue weighted by atomic mass is 79.9. The average Bonchev–Trinajstić information content (AvgIpc) is 2.15. The number of pyridine rings is 1. The van der Waals surface area contributed by atoms with Gasteiger partial charge in [0.25, 0.3) is 5.91 Å². The van der Waals surface area contributed by atoms with Crippen molar-refractivity contribution in [3.63, 3.8) is 0 Å². The van der Waals surface area contributed by atoms with Gasteiger partial charge in [0.2, 0.25) is 0 Å². The minimum atomic E-state index is -0.189. The van der Waals surface area contributed by atoms with Gasteiger partial charge in [0, 0.05) is 23.3 Å². The summed E-state index contributed by atoms with van der Waals surface area (Å²) in [5.74, 6) is -0.0602. The summed E-state index contributed by atoms with van der Waals surface area (Å²) in [5.41, 5.74) is 0.280. The third-order valence-electron chi connectivity index (χ3n) is 2.26. The van der Waals surface area contributed by atoms with Gasteiger partial charge in [-0.05, 0) is 48.8 Å². The monoisotopic (exact) mass is 270 g/mol. The van der Waals surface area contributed by atoms with Crippen LogP contribution in [0.25, 0.3) is 0 Å². The summed E-state index contributed by atoms with van der Waals surface area (Å²) < 4.78 is 0.873. The summed E-state index contributed by atoms with van der Waals surface area (Å²) in [4.78, 5) is 17.7. The molecule has 1 heterocycles. The van der Waals surface area contributed by atoms with E-state index in [0.29, 0.717) is 5.69 Å². The Kier molecular flexibility index (Phi) is 3.50. The van der Waals surface area contributed by atoms with Crippen LogP contribution >= 0.6 is 15.9 Å². The summed E-state index contributed by atoms with van der Waals surface area (Å²) in [6.45, 7) is 5.97. The number of carbonyl (C=O) groups is 1. The van der Waals surface area contributed by atoms with Crippen molar-refractivity contribution in [1.82, 2.24) is 9.88 Å². The quantitative estimate of drug-likeness (QED) is 0.786. The predicted octanol–water partition coefficient (Wildman–Crippen LogP) is 2.71. The van der Waals surface area contributed by atoms with Crippen LogP contribution in [0.2, 0.25) is 0 Å². The van der Waals surface area contributed by atoms with Crippen LogP contribution in [0.4, 0.5) is 0 Å². The predicted molar refractivity (Wildman–Crippen MR) is 63.8 cm³/mol. The van der Waals surface area contributed by atoms with Crippen LogP contribution in [-0.2, 0) is 0 Å². The van der Waals surface area contributed by atoms with Crippen LogP contribution < -0.4 is 0 Å². The summed E-state index contributed by atoms with van der Waals surface area (Å²) in [7, 11) is 1.78. The van der Waals surface area contributed by atoms with Gasteiger partial charge in [0.1, 0.15) is 5.69 Å². The molecule has 3 nitrogen and oxygen atoms in total. The van der Waals surface area contributed by atoms with E-state index in [1.165, 1.54) is 0 Å². The number of hydrogen-bond donors (Lipinski definition) is 0. The van der Waals surface area contributed by atoms with Crippen molar-refractivity contribution in [3.8, 4) is 0 Å². The van der Waals surface area contributed by atoms with Crippen molar-refractivity contribution in [1.29, 1.82) is 0 Å². The second-order valence-corrected chi connectivity index (χ2v) is 5.31. The fraction of sp³-hybridized carbons (Fsp3) is 0.455. The lowest BCUT2D eigenvalue weighted by molar-refractivity contribution is 0.0649. The van der Waals surface area contributed by atoms with Crippen molar-refractivity contribution in [2.24, 2.45) is 0 Å². The molecule has 0 N–H and O–H groups in total. The number of aromatic nitrogens is 1. The maximum Gasteiger partial charge on any atom is 0.272 e. The Morgan fingerprint density at radius 2 is 2.00 bits per heavy atom. The molecule has 82 valence electrons. The van der Waals surface area contributed by atoms with Crippen molar-refractivity contribution in [2.75, 3.05) is 7.05 Å². The van der Waals surface area contributed by atoms with E-state index in [4.69, 9.17) is 0 Å². The number of nitrogens with zero attached hydrogens (tertiary/aromatic N) is 2. The van der Waals surface area contributed by atoms with E-state index in [-0.39, 0.29) is 11.4 Å². The summed E-state index contributed by atoms with van der Waals surface area (Å²) >= 11 is 3.28. The largest absolute Gasteiger partial charge is 0.336 e. The van der Waals surface area contributed by atoms with E-state index in [0.717, 1.165) is 4.47 Å². The van der Waals surface area contributed by atoms with Gasteiger partial charge in [0.15, 0.2) is 0 Å². The Morgan fingerprint density at radius 1 is 1.40 bits per heavy atom. The smallest absolute Gasteiger partial charge is 0.272 e. The molecule has 0 aliphatic heterocycles. The Bertz CT molecular complexity index is 354. The number of rotatable bonds is 1. The molecular weight excluding hydrogens is 256 g/mol. The van der Waals surface area contributed by atoms with Gasteiger partial charge < -0.3 is 4.90 Å². The minimum absolute atomic E-state index is 0.0602. The molecule has 0 aliphatic rings. The highest BCUT2D eigenvalue weighted by Crippen LogP contribution is 2.15. The number of hydrogen-bond acceptors (Lipinski definition) is 2. The zero-order valence-corrected chi connectivity index (χ0v) is 11.0. The lowest BCUT2D eigenvalue weighted by atomic mass is 10.1. The lowest BCUT2D eigenvalue weighted by Crippen LogP contribution is -2.42. The first-order valence-electron chi connectivity index (χ1n) is 4.72. The molecule has 0 atom stereocenters. The molecule has 0 spiro atoms. The summed E-state index contributed by atoms with van der Waals surface area (Å²) in [6, 6.07) is 3.53. The second-order valence-electron chi connectivity index (χ2n) is 4.40. The normalized spacial score (nSPS) is 11.3. The molecule has 1 aromatic heterocycles. The van der Waals surface area contributed by atoms with Gasteiger partial charge in [-0.2, -0.15) is 0 Å². The molecule has 0 radical (unpaired) electrons. The molecule has 15 heavy (non-hydrogen) atoms. The zero-order valence-electron chi connectivity index (χ0n) is 9.41. The molecule has 0 saturated heterocycles. The van der Waals surface area contributed by atoms with Gasteiger partial charge in [-0.25, -0.2) is 4.98 Å². The van der Waals surface area contributed by atoms with Crippen LogP contribution in [0.5, 0.6) is 0 Å². The van der Waals surface area contributed by atoms with E-state index in [1.54, 1.807) is 24.2 Å². The third kappa shape index (κ3) is 3.02. The van der Waals surface area contributed by atoms with Crippen molar-refractivity contribution < 1.29 is 4.79 Å². The van der Waals surface area contributed by atoms with Gasteiger partial charge in [-0.15, -0.1) is 0 Å². The highest BCUT2D eigenvalue weighted by Gasteiger charge is 2.23. The molecule has 0 fully saturated rings. The van der Waals surface area contributed by atoms with E-state index in [1.807, 2.05) is 26.8 Å². The van der Waals surface area contributed by atoms with Crippen LogP contribution in [0, 0.1) is 0 Å². The molecule has 0 aliphatic carbocycles. The van der Waals surface area contributed by atoms with Crippen LogP contribution in [0.1, 0.15) is 31.3 Å². The Balaban J connectivity index is 2.90. The summed E-state index contributed by atoms with van der Waals surface area (Å²) in [6.07, 6.45) is 1.63. The average molecular weight is 271 g/mol. The Hall–Kier alpha value is -0.900. The molecular formula is C11H15BrN2O. The van der Waals surface area contributed by atoms with Crippen molar-refractivity contribution >= 4 is 21.8 Å². The molecule has 0 unspecified atom stereocenters. The van der Waals surface area contributed by atoms with Crippen LogP contribution in [-0.4, -0.2) is 28.4 Å². The maximum atomic E-state index is 12.0. The van der Waals surface area contributed by atoms with Gasteiger partial charge >= 0.3 is 0 Å². The molecule has 0 aromatic carbocycles. The molecule has 0 bridgehead atoms. The fourth-order valence-corrected chi connectivity index (χ4v) is 1.21. The first kappa shape index (κ1) is 12.2. The SMILES string of the molecule is CN(C(=O)c1ccc(Br)cn1)C(C)(C)C. The number of amides is 1. The van der Waals surface area contributed by atoms with E-state index < -0.39 is 0 Å². The van der Waals surface area contributed by atoms with E-state index in [2.05, 4.69) is 20.9 Å². The molecule has 1 amide bonds. The third-order valence-corrected chi connectivity index (χ3v) is 2.73. The molecule has 1 aromatic rings. The first-order chi connectivity index (χ1) is 6.82.